The molecular formula is C18H22ClNO2. The number of esters is 1. The maximum absolute atomic E-state index is 11.8. The first-order valence-electron chi connectivity index (χ1n) is 6.96. The topological polar surface area (TPSA) is 52.3 Å². The molecule has 0 heterocycles. The van der Waals surface area contributed by atoms with E-state index in [0.29, 0.717) is 0 Å². The van der Waals surface area contributed by atoms with Crippen molar-refractivity contribution in [2.45, 2.75) is 19.9 Å². The van der Waals surface area contributed by atoms with Gasteiger partial charge in [0.2, 0.25) is 0 Å². The fraction of sp³-hybridized carbons (Fsp3) is 0.278. The Balaban J connectivity index is 0.00000242. The molecule has 0 unspecified atom stereocenters. The number of benzene rings is 2. The molecule has 0 aromatic heterocycles. The molecule has 0 aliphatic heterocycles. The van der Waals surface area contributed by atoms with Crippen LogP contribution in [0.2, 0.25) is 0 Å². The van der Waals surface area contributed by atoms with Gasteiger partial charge in [0.25, 0.3) is 0 Å². The van der Waals surface area contributed by atoms with Gasteiger partial charge >= 0.3 is 5.97 Å². The van der Waals surface area contributed by atoms with Crippen LogP contribution in [0.1, 0.15) is 25.5 Å². The van der Waals surface area contributed by atoms with Gasteiger partial charge in [0.1, 0.15) is 0 Å². The van der Waals surface area contributed by atoms with Crippen LogP contribution in [0.25, 0.3) is 11.1 Å². The van der Waals surface area contributed by atoms with Gasteiger partial charge in [-0.3, -0.25) is 4.79 Å². The highest BCUT2D eigenvalue weighted by atomic mass is 35.5. The van der Waals surface area contributed by atoms with Crippen LogP contribution in [-0.4, -0.2) is 13.1 Å². The van der Waals surface area contributed by atoms with E-state index in [0.717, 1.165) is 16.7 Å². The third-order valence-corrected chi connectivity index (χ3v) is 3.87. The normalized spacial score (nSPS) is 12.2. The SMILES string of the molecule is COC(=O)C(C)(C)[C@H](N)c1ccc(-c2ccccc2)cc1.Cl. The predicted molar refractivity (Wildman–Crippen MR) is 91.9 cm³/mol. The van der Waals surface area contributed by atoms with Crippen molar-refractivity contribution in [2.24, 2.45) is 11.1 Å². The van der Waals surface area contributed by atoms with Gasteiger partial charge in [-0.2, -0.15) is 0 Å². The summed E-state index contributed by atoms with van der Waals surface area (Å²) in [6.07, 6.45) is 0. The standard InChI is InChI=1S/C18H21NO2.ClH/c1-18(2,17(20)21-3)16(19)15-11-9-14(10-12-15)13-7-5-4-6-8-13;/h4-12,16H,19H2,1-3H3;1H/t16-;/m1./s1. The second kappa shape index (κ2) is 7.43. The fourth-order valence-electron chi connectivity index (χ4n) is 2.32. The number of halogens is 1. The maximum atomic E-state index is 11.8. The Bertz CT molecular complexity index is 609. The Labute approximate surface area is 137 Å². The molecule has 2 aromatic carbocycles. The van der Waals surface area contributed by atoms with E-state index in [2.05, 4.69) is 12.1 Å². The lowest BCUT2D eigenvalue weighted by Crippen LogP contribution is -2.37. The van der Waals surface area contributed by atoms with Crippen molar-refractivity contribution in [1.82, 2.24) is 0 Å². The van der Waals surface area contributed by atoms with Crippen molar-refractivity contribution in [2.75, 3.05) is 7.11 Å². The van der Waals surface area contributed by atoms with Crippen LogP contribution in [0.5, 0.6) is 0 Å². The Morgan fingerprint density at radius 1 is 1.00 bits per heavy atom. The monoisotopic (exact) mass is 319 g/mol. The van der Waals surface area contributed by atoms with Crippen molar-refractivity contribution in [3.8, 4) is 11.1 Å². The van der Waals surface area contributed by atoms with Gasteiger partial charge in [-0.1, -0.05) is 54.6 Å². The molecule has 118 valence electrons. The van der Waals surface area contributed by atoms with Crippen molar-refractivity contribution in [3.05, 3.63) is 60.2 Å². The van der Waals surface area contributed by atoms with E-state index in [4.69, 9.17) is 10.5 Å². The number of hydrogen-bond acceptors (Lipinski definition) is 3. The molecule has 0 saturated carbocycles. The van der Waals surface area contributed by atoms with Crippen LogP contribution in [0.15, 0.2) is 54.6 Å². The molecule has 0 amide bonds. The van der Waals surface area contributed by atoms with Crippen LogP contribution >= 0.6 is 12.4 Å². The van der Waals surface area contributed by atoms with Crippen molar-refractivity contribution >= 4 is 18.4 Å². The number of methoxy groups -OCH3 is 1. The molecule has 22 heavy (non-hydrogen) atoms. The number of ether oxygens (including phenoxy) is 1. The van der Waals surface area contributed by atoms with Gasteiger partial charge in [-0.15, -0.1) is 12.4 Å². The van der Waals surface area contributed by atoms with Crippen LogP contribution in [0.4, 0.5) is 0 Å². The zero-order valence-corrected chi connectivity index (χ0v) is 13.9. The average molecular weight is 320 g/mol. The molecule has 2 rings (SSSR count). The first kappa shape index (κ1) is 18.2. The molecule has 4 heteroatoms. The van der Waals surface area contributed by atoms with Gasteiger partial charge in [-0.25, -0.2) is 0 Å². The Morgan fingerprint density at radius 2 is 1.50 bits per heavy atom. The summed E-state index contributed by atoms with van der Waals surface area (Å²) >= 11 is 0. The number of rotatable bonds is 4. The lowest BCUT2D eigenvalue weighted by Gasteiger charge is -2.29. The molecular weight excluding hydrogens is 298 g/mol. The van der Waals surface area contributed by atoms with E-state index in [1.165, 1.54) is 7.11 Å². The molecule has 0 fully saturated rings. The number of nitrogens with two attached hydrogens (primary N) is 1. The van der Waals surface area contributed by atoms with Crippen LogP contribution in [0.3, 0.4) is 0 Å². The summed E-state index contributed by atoms with van der Waals surface area (Å²) < 4.78 is 4.83. The predicted octanol–water partition coefficient (Wildman–Crippen LogP) is 3.97. The molecule has 3 nitrogen and oxygen atoms in total. The minimum atomic E-state index is -0.761. The van der Waals surface area contributed by atoms with E-state index in [1.54, 1.807) is 13.8 Å². The van der Waals surface area contributed by atoms with Crippen molar-refractivity contribution < 1.29 is 9.53 Å². The number of carbonyl (C=O) groups excluding carboxylic acids is 1. The largest absolute Gasteiger partial charge is 0.469 e. The lowest BCUT2D eigenvalue weighted by molar-refractivity contribution is -0.152. The summed E-state index contributed by atoms with van der Waals surface area (Å²) in [5, 5.41) is 0. The van der Waals surface area contributed by atoms with E-state index in [1.807, 2.05) is 42.5 Å². The number of carbonyl (C=O) groups is 1. The van der Waals surface area contributed by atoms with E-state index in [-0.39, 0.29) is 18.4 Å². The third kappa shape index (κ3) is 3.67. The fourth-order valence-corrected chi connectivity index (χ4v) is 2.32. The molecule has 0 aliphatic rings. The van der Waals surface area contributed by atoms with Crippen LogP contribution < -0.4 is 5.73 Å². The highest BCUT2D eigenvalue weighted by Crippen LogP contribution is 2.33. The highest BCUT2D eigenvalue weighted by Gasteiger charge is 2.36. The molecule has 0 saturated heterocycles. The molecule has 2 N–H and O–H groups in total. The van der Waals surface area contributed by atoms with E-state index in [9.17, 15) is 4.79 Å². The number of hydrogen-bond donors (Lipinski definition) is 1. The van der Waals surface area contributed by atoms with Crippen molar-refractivity contribution in [1.29, 1.82) is 0 Å². The minimum absolute atomic E-state index is 0. The minimum Gasteiger partial charge on any atom is -0.469 e. The zero-order valence-electron chi connectivity index (χ0n) is 13.1. The summed E-state index contributed by atoms with van der Waals surface area (Å²) in [6, 6.07) is 17.7. The van der Waals surface area contributed by atoms with Crippen LogP contribution in [0, 0.1) is 5.41 Å². The van der Waals surface area contributed by atoms with Crippen LogP contribution in [-0.2, 0) is 9.53 Å². The second-order valence-corrected chi connectivity index (χ2v) is 5.68. The molecule has 0 aliphatic carbocycles. The highest BCUT2D eigenvalue weighted by molar-refractivity contribution is 5.85. The second-order valence-electron chi connectivity index (χ2n) is 5.68. The Hall–Kier alpha value is -1.84. The first-order chi connectivity index (χ1) is 9.96. The summed E-state index contributed by atoms with van der Waals surface area (Å²) in [6.45, 7) is 3.60. The molecule has 1 atom stereocenters. The first-order valence-corrected chi connectivity index (χ1v) is 6.96. The van der Waals surface area contributed by atoms with Gasteiger partial charge in [0.15, 0.2) is 0 Å². The Morgan fingerprint density at radius 3 is 2.00 bits per heavy atom. The van der Waals surface area contributed by atoms with Crippen molar-refractivity contribution in [3.63, 3.8) is 0 Å². The van der Waals surface area contributed by atoms with E-state index >= 15 is 0 Å². The maximum Gasteiger partial charge on any atom is 0.313 e. The summed E-state index contributed by atoms with van der Waals surface area (Å²) in [5.41, 5.74) is 8.68. The third-order valence-electron chi connectivity index (χ3n) is 3.87. The quantitative estimate of drug-likeness (QED) is 0.867. The van der Waals surface area contributed by atoms with Gasteiger partial charge < -0.3 is 10.5 Å². The molecule has 0 radical (unpaired) electrons. The smallest absolute Gasteiger partial charge is 0.313 e. The molecule has 2 aromatic rings. The lowest BCUT2D eigenvalue weighted by atomic mass is 9.81. The van der Waals surface area contributed by atoms with Gasteiger partial charge in [-0.05, 0) is 30.5 Å². The van der Waals surface area contributed by atoms with Gasteiger partial charge in [0.05, 0.1) is 12.5 Å². The Kier molecular flexibility index (Phi) is 6.15. The molecule has 0 bridgehead atoms. The average Bonchev–Trinajstić information content (AvgIpc) is 2.54. The van der Waals surface area contributed by atoms with Gasteiger partial charge in [0, 0.05) is 6.04 Å². The summed E-state index contributed by atoms with van der Waals surface area (Å²) in [7, 11) is 1.38. The summed E-state index contributed by atoms with van der Waals surface area (Å²) in [5.74, 6) is -0.304. The zero-order chi connectivity index (χ0) is 15.5. The summed E-state index contributed by atoms with van der Waals surface area (Å²) in [4.78, 5) is 11.8. The van der Waals surface area contributed by atoms with E-state index < -0.39 is 11.5 Å². The molecule has 0 spiro atoms.